The summed E-state index contributed by atoms with van der Waals surface area (Å²) >= 11 is 4.90. The average molecular weight is 212 g/mol. The smallest absolute Gasteiger partial charge is 0.238 e. The lowest BCUT2D eigenvalue weighted by Crippen LogP contribution is -2.04. The summed E-state index contributed by atoms with van der Waals surface area (Å²) in [5, 5.41) is 13.6. The molecule has 0 aromatic carbocycles. The Morgan fingerprint density at radius 1 is 1.57 bits per heavy atom. The van der Waals surface area contributed by atoms with Crippen molar-refractivity contribution in [1.82, 2.24) is 30.3 Å². The Kier molecular flexibility index (Phi) is 2.35. The summed E-state index contributed by atoms with van der Waals surface area (Å²) in [7, 11) is 0. The first kappa shape index (κ1) is 9.00. The fraction of sp³-hybridized carbons (Fsp3) is 0.500. The first-order chi connectivity index (χ1) is 6.75. The molecule has 0 atom stereocenters. The third kappa shape index (κ3) is 1.84. The number of rotatable bonds is 3. The van der Waals surface area contributed by atoms with E-state index in [0.29, 0.717) is 29.5 Å². The lowest BCUT2D eigenvalue weighted by molar-refractivity contribution is 0.385. The molecule has 1 N–H and O–H groups in total. The molecule has 0 radical (unpaired) electrons. The number of aromatic amines is 1. The van der Waals surface area contributed by atoms with Gasteiger partial charge in [-0.15, -0.1) is 0 Å². The van der Waals surface area contributed by atoms with E-state index in [-0.39, 0.29) is 0 Å². The molecule has 8 heteroatoms. The third-order valence-corrected chi connectivity index (χ3v) is 1.96. The van der Waals surface area contributed by atoms with Crippen molar-refractivity contribution in [3.63, 3.8) is 0 Å². The van der Waals surface area contributed by atoms with Gasteiger partial charge >= 0.3 is 0 Å². The number of aryl methyl sites for hydroxylation is 3. The van der Waals surface area contributed by atoms with Gasteiger partial charge in [0.05, 0.1) is 6.54 Å². The maximum atomic E-state index is 4.90. The monoisotopic (exact) mass is 212 g/mol. The van der Waals surface area contributed by atoms with Gasteiger partial charge in [-0.05, 0) is 12.2 Å². The summed E-state index contributed by atoms with van der Waals surface area (Å²) in [5.74, 6) is 1.21. The van der Waals surface area contributed by atoms with Crippen LogP contribution >= 0.6 is 12.2 Å². The molecular formula is C6H8N6OS. The van der Waals surface area contributed by atoms with E-state index in [0.717, 1.165) is 0 Å². The molecule has 2 aromatic heterocycles. The molecular weight excluding hydrogens is 204 g/mol. The van der Waals surface area contributed by atoms with Crippen molar-refractivity contribution in [1.29, 1.82) is 0 Å². The normalized spacial score (nSPS) is 10.6. The Morgan fingerprint density at radius 2 is 2.43 bits per heavy atom. The van der Waals surface area contributed by atoms with Crippen molar-refractivity contribution in [2.45, 2.75) is 19.9 Å². The van der Waals surface area contributed by atoms with Gasteiger partial charge in [-0.25, -0.2) is 4.68 Å². The summed E-state index contributed by atoms with van der Waals surface area (Å²) in [4.78, 5) is 4.06. The molecule has 0 aliphatic carbocycles. The first-order valence-corrected chi connectivity index (χ1v) is 4.43. The van der Waals surface area contributed by atoms with Gasteiger partial charge in [-0.1, -0.05) is 15.5 Å². The highest BCUT2D eigenvalue weighted by Crippen LogP contribution is 1.97. The zero-order valence-corrected chi connectivity index (χ0v) is 8.28. The van der Waals surface area contributed by atoms with Crippen LogP contribution in [0.2, 0.25) is 0 Å². The largest absolute Gasteiger partial charge is 0.340 e. The molecule has 2 rings (SSSR count). The number of nitrogens with one attached hydrogen (secondary N) is 1. The van der Waals surface area contributed by atoms with E-state index in [1.165, 1.54) is 0 Å². The quantitative estimate of drug-likeness (QED) is 0.735. The minimum Gasteiger partial charge on any atom is -0.340 e. The van der Waals surface area contributed by atoms with Crippen LogP contribution in [-0.4, -0.2) is 30.3 Å². The molecule has 2 aromatic rings. The zero-order valence-electron chi connectivity index (χ0n) is 7.47. The summed E-state index contributed by atoms with van der Waals surface area (Å²) in [6.45, 7) is 2.37. The first-order valence-electron chi connectivity index (χ1n) is 4.03. The minimum absolute atomic E-state index is 0.421. The van der Waals surface area contributed by atoms with Crippen molar-refractivity contribution < 1.29 is 4.52 Å². The SMILES string of the molecule is Cc1nc(CCn2[nH]nnc2=S)no1. The minimum atomic E-state index is 0.421. The molecule has 2 heterocycles. The summed E-state index contributed by atoms with van der Waals surface area (Å²) in [6.07, 6.45) is 0.634. The Morgan fingerprint density at radius 3 is 3.00 bits per heavy atom. The molecule has 74 valence electrons. The van der Waals surface area contributed by atoms with Crippen LogP contribution in [0.15, 0.2) is 4.52 Å². The van der Waals surface area contributed by atoms with Crippen LogP contribution in [0.3, 0.4) is 0 Å². The fourth-order valence-electron chi connectivity index (χ4n) is 1.02. The lowest BCUT2D eigenvalue weighted by Gasteiger charge is -1.95. The summed E-state index contributed by atoms with van der Waals surface area (Å²) in [5.41, 5.74) is 0. The Labute approximate surface area is 84.1 Å². The topological polar surface area (TPSA) is 85.4 Å². The van der Waals surface area contributed by atoms with Crippen LogP contribution in [-0.2, 0) is 13.0 Å². The fourth-order valence-corrected chi connectivity index (χ4v) is 1.19. The van der Waals surface area contributed by atoms with Crippen molar-refractivity contribution in [3.8, 4) is 0 Å². The van der Waals surface area contributed by atoms with Gasteiger partial charge in [0.15, 0.2) is 5.82 Å². The van der Waals surface area contributed by atoms with E-state index in [1.54, 1.807) is 11.6 Å². The summed E-state index contributed by atoms with van der Waals surface area (Å²) < 4.78 is 6.89. The number of H-pyrrole nitrogens is 1. The maximum Gasteiger partial charge on any atom is 0.238 e. The predicted molar refractivity (Wildman–Crippen MR) is 47.9 cm³/mol. The van der Waals surface area contributed by atoms with Crippen molar-refractivity contribution >= 4 is 12.2 Å². The predicted octanol–water partition coefficient (Wildman–Crippen LogP) is 0.270. The number of nitrogens with zero attached hydrogens (tertiary/aromatic N) is 5. The van der Waals surface area contributed by atoms with Gasteiger partial charge in [0.25, 0.3) is 0 Å². The summed E-state index contributed by atoms with van der Waals surface area (Å²) in [6, 6.07) is 0. The van der Waals surface area contributed by atoms with E-state index in [1.807, 2.05) is 0 Å². The molecule has 0 aliphatic heterocycles. The number of hydrogen-bond donors (Lipinski definition) is 1. The average Bonchev–Trinajstić information content (AvgIpc) is 2.72. The second-order valence-corrected chi connectivity index (χ2v) is 3.08. The van der Waals surface area contributed by atoms with Gasteiger partial charge in [0, 0.05) is 13.3 Å². The molecule has 0 unspecified atom stereocenters. The van der Waals surface area contributed by atoms with Gasteiger partial charge in [0.2, 0.25) is 10.7 Å². The molecule has 0 spiro atoms. The molecule has 0 saturated heterocycles. The van der Waals surface area contributed by atoms with Crippen molar-refractivity contribution in [3.05, 3.63) is 16.5 Å². The van der Waals surface area contributed by atoms with Gasteiger partial charge < -0.3 is 4.52 Å². The van der Waals surface area contributed by atoms with E-state index in [9.17, 15) is 0 Å². The van der Waals surface area contributed by atoms with Crippen LogP contribution in [0, 0.1) is 11.7 Å². The Hall–Kier alpha value is -1.57. The number of hydrogen-bond acceptors (Lipinski definition) is 6. The molecule has 0 aliphatic rings. The van der Waals surface area contributed by atoms with Crippen LogP contribution in [0.25, 0.3) is 0 Å². The highest BCUT2D eigenvalue weighted by Gasteiger charge is 2.03. The Bertz CT molecular complexity index is 470. The van der Waals surface area contributed by atoms with E-state index >= 15 is 0 Å². The molecule has 0 fully saturated rings. The van der Waals surface area contributed by atoms with Crippen LogP contribution in [0.4, 0.5) is 0 Å². The van der Waals surface area contributed by atoms with Gasteiger partial charge in [0.1, 0.15) is 0 Å². The van der Waals surface area contributed by atoms with E-state index in [2.05, 4.69) is 25.7 Å². The van der Waals surface area contributed by atoms with Crippen molar-refractivity contribution in [2.24, 2.45) is 0 Å². The number of tetrazole rings is 1. The molecule has 0 amide bonds. The number of aromatic nitrogens is 6. The second kappa shape index (κ2) is 3.66. The molecule has 0 bridgehead atoms. The van der Waals surface area contributed by atoms with Gasteiger partial charge in [-0.2, -0.15) is 10.2 Å². The van der Waals surface area contributed by atoms with Crippen molar-refractivity contribution in [2.75, 3.05) is 0 Å². The van der Waals surface area contributed by atoms with Crippen LogP contribution in [0.5, 0.6) is 0 Å². The van der Waals surface area contributed by atoms with Gasteiger partial charge in [-0.3, -0.25) is 0 Å². The zero-order chi connectivity index (χ0) is 9.97. The molecule has 14 heavy (non-hydrogen) atoms. The lowest BCUT2D eigenvalue weighted by atomic mass is 10.4. The molecule has 7 nitrogen and oxygen atoms in total. The Balaban J connectivity index is 2.01. The highest BCUT2D eigenvalue weighted by atomic mass is 32.1. The second-order valence-electron chi connectivity index (χ2n) is 2.71. The van der Waals surface area contributed by atoms with Crippen LogP contribution < -0.4 is 0 Å². The third-order valence-electron chi connectivity index (χ3n) is 1.66. The van der Waals surface area contributed by atoms with E-state index < -0.39 is 0 Å². The maximum absolute atomic E-state index is 4.90. The molecule has 0 saturated carbocycles. The van der Waals surface area contributed by atoms with Crippen LogP contribution in [0.1, 0.15) is 11.7 Å². The standard InChI is InChI=1S/C6H8N6OS/c1-4-7-5(9-13-4)2-3-12-6(14)8-10-11-12/h2-3H2,1H3,(H,8,11,14). The highest BCUT2D eigenvalue weighted by molar-refractivity contribution is 7.71. The van der Waals surface area contributed by atoms with E-state index in [4.69, 9.17) is 16.7 Å².